The fourth-order valence-electron chi connectivity index (χ4n) is 2.51. The van der Waals surface area contributed by atoms with Crippen LogP contribution in [-0.4, -0.2) is 7.11 Å². The Hall–Kier alpha value is -0.980. The van der Waals surface area contributed by atoms with Gasteiger partial charge in [-0.3, -0.25) is 0 Å². The third kappa shape index (κ3) is 2.74. The van der Waals surface area contributed by atoms with Gasteiger partial charge in [0.2, 0.25) is 0 Å². The Bertz CT molecular complexity index is 298. The molecule has 0 N–H and O–H groups in total. The van der Waals surface area contributed by atoms with Crippen molar-refractivity contribution >= 4 is 0 Å². The van der Waals surface area contributed by atoms with Crippen LogP contribution in [0.15, 0.2) is 24.3 Å². The van der Waals surface area contributed by atoms with Gasteiger partial charge in [-0.25, -0.2) is 0 Å². The third-order valence-electron chi connectivity index (χ3n) is 3.42. The Morgan fingerprint density at radius 1 is 1.07 bits per heavy atom. The van der Waals surface area contributed by atoms with Gasteiger partial charge in [-0.15, -0.1) is 0 Å². The van der Waals surface area contributed by atoms with E-state index < -0.39 is 0 Å². The van der Waals surface area contributed by atoms with E-state index in [2.05, 4.69) is 18.2 Å². The molecule has 1 saturated carbocycles. The highest BCUT2D eigenvalue weighted by Gasteiger charge is 2.14. The smallest absolute Gasteiger partial charge is 0.119 e. The van der Waals surface area contributed by atoms with Crippen LogP contribution >= 0.6 is 0 Å². The Kier molecular flexibility index (Phi) is 3.65. The fourth-order valence-corrected chi connectivity index (χ4v) is 2.51. The van der Waals surface area contributed by atoms with Gasteiger partial charge < -0.3 is 4.74 Å². The molecule has 0 spiro atoms. The van der Waals surface area contributed by atoms with E-state index in [1.165, 1.54) is 44.1 Å². The van der Waals surface area contributed by atoms with E-state index in [9.17, 15) is 0 Å². The van der Waals surface area contributed by atoms with Crippen molar-refractivity contribution in [2.24, 2.45) is 0 Å². The molecule has 0 saturated heterocycles. The summed E-state index contributed by atoms with van der Waals surface area (Å²) in [6, 6.07) is 8.59. The molecule has 1 aromatic rings. The molecule has 1 nitrogen and oxygen atoms in total. The summed E-state index contributed by atoms with van der Waals surface area (Å²) in [6.07, 6.45) is 8.32. The molecule has 0 aromatic heterocycles. The fraction of sp³-hybridized carbons (Fsp3) is 0.571. The topological polar surface area (TPSA) is 9.23 Å². The lowest BCUT2D eigenvalue weighted by Gasteiger charge is -2.15. The third-order valence-corrected chi connectivity index (χ3v) is 3.42. The van der Waals surface area contributed by atoms with Gasteiger partial charge in [0.1, 0.15) is 5.75 Å². The molecule has 1 heteroatoms. The molecule has 0 radical (unpaired) electrons. The number of benzene rings is 1. The molecule has 82 valence electrons. The Morgan fingerprint density at radius 2 is 1.80 bits per heavy atom. The molecule has 15 heavy (non-hydrogen) atoms. The first-order valence-corrected chi connectivity index (χ1v) is 6.04. The van der Waals surface area contributed by atoms with Gasteiger partial charge in [0.15, 0.2) is 0 Å². The van der Waals surface area contributed by atoms with Gasteiger partial charge in [-0.2, -0.15) is 0 Å². The van der Waals surface area contributed by atoms with E-state index in [0.29, 0.717) is 0 Å². The lowest BCUT2D eigenvalue weighted by molar-refractivity contribution is 0.413. The second-order valence-electron chi connectivity index (χ2n) is 4.47. The summed E-state index contributed by atoms with van der Waals surface area (Å²) in [4.78, 5) is 0. The van der Waals surface area contributed by atoms with Crippen LogP contribution in [-0.2, 0) is 0 Å². The predicted molar refractivity (Wildman–Crippen MR) is 63.4 cm³/mol. The summed E-state index contributed by atoms with van der Waals surface area (Å²) in [6.45, 7) is 0. The van der Waals surface area contributed by atoms with Crippen LogP contribution in [0.5, 0.6) is 5.75 Å². The van der Waals surface area contributed by atoms with Crippen molar-refractivity contribution in [3.63, 3.8) is 0 Å². The second kappa shape index (κ2) is 5.20. The summed E-state index contributed by atoms with van der Waals surface area (Å²) in [5.41, 5.74) is 1.47. The van der Waals surface area contributed by atoms with E-state index in [1.54, 1.807) is 7.11 Å². The van der Waals surface area contributed by atoms with Crippen molar-refractivity contribution in [2.45, 2.75) is 44.4 Å². The van der Waals surface area contributed by atoms with Gasteiger partial charge in [0, 0.05) is 0 Å². The number of hydrogen-bond donors (Lipinski definition) is 0. The Morgan fingerprint density at radius 3 is 2.47 bits per heavy atom. The molecular weight excluding hydrogens is 184 g/mol. The molecule has 1 fully saturated rings. The maximum atomic E-state index is 5.28. The van der Waals surface area contributed by atoms with Crippen molar-refractivity contribution in [3.8, 4) is 5.75 Å². The molecule has 0 atom stereocenters. The molecule has 1 aliphatic carbocycles. The van der Waals surface area contributed by atoms with Gasteiger partial charge in [0.25, 0.3) is 0 Å². The van der Waals surface area contributed by atoms with Gasteiger partial charge in [-0.05, 0) is 36.5 Å². The van der Waals surface area contributed by atoms with Crippen LogP contribution in [0.1, 0.15) is 50.0 Å². The van der Waals surface area contributed by atoms with E-state index >= 15 is 0 Å². The zero-order valence-corrected chi connectivity index (χ0v) is 9.54. The minimum Gasteiger partial charge on any atom is -0.497 e. The first-order valence-electron chi connectivity index (χ1n) is 6.04. The first-order chi connectivity index (χ1) is 7.40. The SMILES string of the molecule is COc1cccc(C2CCCCCC2)c1. The zero-order chi connectivity index (χ0) is 10.5. The first kappa shape index (κ1) is 10.5. The lowest BCUT2D eigenvalue weighted by Crippen LogP contribution is -1.97. The monoisotopic (exact) mass is 204 g/mol. The van der Waals surface area contributed by atoms with Crippen LogP contribution in [0.3, 0.4) is 0 Å². The number of rotatable bonds is 2. The highest BCUT2D eigenvalue weighted by molar-refractivity contribution is 5.30. The van der Waals surface area contributed by atoms with Crippen LogP contribution in [0.4, 0.5) is 0 Å². The molecule has 1 aromatic carbocycles. The predicted octanol–water partition coefficient (Wildman–Crippen LogP) is 4.13. The molecule has 0 bridgehead atoms. The van der Waals surface area contributed by atoms with Crippen molar-refractivity contribution in [2.75, 3.05) is 7.11 Å². The highest BCUT2D eigenvalue weighted by Crippen LogP contribution is 2.32. The van der Waals surface area contributed by atoms with Crippen molar-refractivity contribution in [3.05, 3.63) is 29.8 Å². The maximum Gasteiger partial charge on any atom is 0.119 e. The van der Waals surface area contributed by atoms with E-state index in [4.69, 9.17) is 4.74 Å². The van der Waals surface area contributed by atoms with E-state index in [-0.39, 0.29) is 0 Å². The van der Waals surface area contributed by atoms with Gasteiger partial charge >= 0.3 is 0 Å². The summed E-state index contributed by atoms with van der Waals surface area (Å²) in [7, 11) is 1.74. The standard InChI is InChI=1S/C14H20O/c1-15-14-10-6-9-13(11-14)12-7-4-2-3-5-8-12/h6,9-12H,2-5,7-8H2,1H3. The van der Waals surface area contributed by atoms with E-state index in [0.717, 1.165) is 11.7 Å². The molecule has 0 unspecified atom stereocenters. The summed E-state index contributed by atoms with van der Waals surface area (Å²) < 4.78 is 5.28. The Balaban J connectivity index is 2.12. The van der Waals surface area contributed by atoms with Gasteiger partial charge in [-0.1, -0.05) is 37.8 Å². The Labute approximate surface area is 92.5 Å². The molecular formula is C14H20O. The number of ether oxygens (including phenoxy) is 1. The number of methoxy groups -OCH3 is 1. The normalized spacial score (nSPS) is 18.5. The average Bonchev–Trinajstić information content (AvgIpc) is 2.58. The minimum atomic E-state index is 0.766. The van der Waals surface area contributed by atoms with Crippen LogP contribution < -0.4 is 4.74 Å². The summed E-state index contributed by atoms with van der Waals surface area (Å²) >= 11 is 0. The molecule has 0 amide bonds. The minimum absolute atomic E-state index is 0.766. The van der Waals surface area contributed by atoms with Gasteiger partial charge in [0.05, 0.1) is 7.11 Å². The zero-order valence-electron chi connectivity index (χ0n) is 9.54. The maximum absolute atomic E-state index is 5.28. The van der Waals surface area contributed by atoms with E-state index in [1.807, 2.05) is 6.07 Å². The average molecular weight is 204 g/mol. The molecule has 1 aliphatic rings. The molecule has 0 aliphatic heterocycles. The van der Waals surface area contributed by atoms with Crippen molar-refractivity contribution in [1.82, 2.24) is 0 Å². The lowest BCUT2D eigenvalue weighted by atomic mass is 9.92. The van der Waals surface area contributed by atoms with Crippen molar-refractivity contribution < 1.29 is 4.74 Å². The second-order valence-corrected chi connectivity index (χ2v) is 4.47. The van der Waals surface area contributed by atoms with Crippen LogP contribution in [0, 0.1) is 0 Å². The quantitative estimate of drug-likeness (QED) is 0.658. The molecule has 2 rings (SSSR count). The summed E-state index contributed by atoms with van der Waals surface area (Å²) in [5, 5.41) is 0. The van der Waals surface area contributed by atoms with Crippen LogP contribution in [0.2, 0.25) is 0 Å². The van der Waals surface area contributed by atoms with Crippen LogP contribution in [0.25, 0.3) is 0 Å². The largest absolute Gasteiger partial charge is 0.497 e. The summed E-state index contributed by atoms with van der Waals surface area (Å²) in [5.74, 6) is 1.76. The molecule has 0 heterocycles. The van der Waals surface area contributed by atoms with Crippen molar-refractivity contribution in [1.29, 1.82) is 0 Å². The number of hydrogen-bond acceptors (Lipinski definition) is 1. The highest BCUT2D eigenvalue weighted by atomic mass is 16.5.